The Bertz CT molecular complexity index is 163. The van der Waals surface area contributed by atoms with Gasteiger partial charge in [0.05, 0.1) is 0 Å². The van der Waals surface area contributed by atoms with E-state index in [0.29, 0.717) is 0 Å². The van der Waals surface area contributed by atoms with Gasteiger partial charge in [-0.15, -0.1) is 0 Å². The maximum Gasteiger partial charge on any atom is -0.0636 e. The Morgan fingerprint density at radius 2 is 1.25 bits per heavy atom. The van der Waals surface area contributed by atoms with Crippen molar-refractivity contribution in [3.05, 3.63) is 35.7 Å². The first-order valence-corrected chi connectivity index (χ1v) is 2.33. The minimum atomic E-state index is 0.285. The molecule has 1 aromatic carbocycles. The van der Waals surface area contributed by atoms with Crippen LogP contribution in [0.2, 0.25) is 0 Å². The molecule has 0 radical (unpaired) electrons. The van der Waals surface area contributed by atoms with Crippen molar-refractivity contribution in [1.29, 1.82) is 0 Å². The van der Waals surface area contributed by atoms with E-state index in [-0.39, 0.29) is 11.4 Å². The van der Waals surface area contributed by atoms with Gasteiger partial charge in [0.1, 0.15) is 0 Å². The smallest absolute Gasteiger partial charge is 0.0636 e. The highest BCUT2D eigenvalue weighted by atomic mass is 14.7. The molecule has 0 saturated carbocycles. The van der Waals surface area contributed by atoms with Crippen LogP contribution in [0.25, 0.3) is 11.5 Å². The largest absolute Gasteiger partial charge is 0.700 e. The first-order valence-electron chi connectivity index (χ1n) is 2.33. The molecule has 0 atom stereocenters. The Kier molecular flexibility index (Phi) is 1.08. The molecule has 0 spiro atoms. The van der Waals surface area contributed by atoms with Crippen LogP contribution in [0, 0.1) is 0 Å². The Morgan fingerprint density at radius 1 is 0.875 bits per heavy atom. The lowest BCUT2D eigenvalue weighted by atomic mass is 10.3. The summed E-state index contributed by atoms with van der Waals surface area (Å²) in [6.45, 7) is 0. The molecular weight excluding hydrogens is 100 g/mol. The van der Waals surface area contributed by atoms with E-state index in [1.807, 2.05) is 0 Å². The zero-order valence-electron chi connectivity index (χ0n) is 4.31. The van der Waals surface area contributed by atoms with Gasteiger partial charge in [-0.2, -0.15) is 11.4 Å². The van der Waals surface area contributed by atoms with Crippen molar-refractivity contribution in [1.82, 2.24) is 0 Å². The molecule has 42 valence electrons. The van der Waals surface area contributed by atoms with Gasteiger partial charge in [0.25, 0.3) is 0 Å². The molecule has 2 N–H and O–H groups in total. The number of rotatable bonds is 0. The van der Waals surface area contributed by atoms with Crippen LogP contribution in [-0.4, -0.2) is 0 Å². The standard InChI is InChI=1S/C6H6N2/c7-5-3-1-2-4-6(5)8/h1-4,7-8H/q-2. The van der Waals surface area contributed by atoms with Crippen LogP contribution >= 0.6 is 0 Å². The second-order valence-corrected chi connectivity index (χ2v) is 1.55. The van der Waals surface area contributed by atoms with E-state index in [9.17, 15) is 0 Å². The molecule has 8 heavy (non-hydrogen) atoms. The van der Waals surface area contributed by atoms with Gasteiger partial charge in [0, 0.05) is 0 Å². The number of hydrogen-bond acceptors (Lipinski definition) is 0. The summed E-state index contributed by atoms with van der Waals surface area (Å²) in [6.07, 6.45) is 0. The lowest BCUT2D eigenvalue weighted by Gasteiger charge is -2.12. The summed E-state index contributed by atoms with van der Waals surface area (Å²) in [6, 6.07) is 6.70. The molecule has 0 aliphatic carbocycles. The average Bonchev–Trinajstić information content (AvgIpc) is 1.77. The second-order valence-electron chi connectivity index (χ2n) is 1.55. The van der Waals surface area contributed by atoms with Crippen molar-refractivity contribution in [2.45, 2.75) is 0 Å². The highest BCUT2D eigenvalue weighted by Crippen LogP contribution is 2.23. The highest BCUT2D eigenvalue weighted by Gasteiger charge is 1.70. The zero-order chi connectivity index (χ0) is 5.98. The molecule has 0 saturated heterocycles. The molecule has 0 aliphatic heterocycles. The Hall–Kier alpha value is -1.18. The van der Waals surface area contributed by atoms with Crippen molar-refractivity contribution in [2.75, 3.05) is 0 Å². The van der Waals surface area contributed by atoms with E-state index in [4.69, 9.17) is 11.5 Å². The Morgan fingerprint density at radius 3 is 1.50 bits per heavy atom. The van der Waals surface area contributed by atoms with Crippen LogP contribution in [0.3, 0.4) is 0 Å². The topological polar surface area (TPSA) is 47.6 Å². The zero-order valence-corrected chi connectivity index (χ0v) is 4.31. The first kappa shape index (κ1) is 4.97. The van der Waals surface area contributed by atoms with Gasteiger partial charge in [0.15, 0.2) is 0 Å². The third kappa shape index (κ3) is 0.729. The molecule has 0 heterocycles. The van der Waals surface area contributed by atoms with Gasteiger partial charge < -0.3 is 11.5 Å². The summed E-state index contributed by atoms with van der Waals surface area (Å²) >= 11 is 0. The van der Waals surface area contributed by atoms with Gasteiger partial charge >= 0.3 is 0 Å². The summed E-state index contributed by atoms with van der Waals surface area (Å²) in [5, 5.41) is 0. The van der Waals surface area contributed by atoms with E-state index in [2.05, 4.69) is 0 Å². The maximum atomic E-state index is 7.03. The maximum absolute atomic E-state index is 7.03. The monoisotopic (exact) mass is 106 g/mol. The molecule has 1 aromatic rings. The number of hydrogen-bond donors (Lipinski definition) is 0. The summed E-state index contributed by atoms with van der Waals surface area (Å²) in [5.74, 6) is 0. The fourth-order valence-corrected chi connectivity index (χ4v) is 0.483. The van der Waals surface area contributed by atoms with Gasteiger partial charge in [0.2, 0.25) is 0 Å². The molecule has 0 aliphatic rings. The van der Waals surface area contributed by atoms with Crippen LogP contribution in [0.5, 0.6) is 0 Å². The van der Waals surface area contributed by atoms with E-state index in [0.717, 1.165) is 0 Å². The van der Waals surface area contributed by atoms with Crippen LogP contribution in [-0.2, 0) is 0 Å². The molecule has 0 unspecified atom stereocenters. The fraction of sp³-hybridized carbons (Fsp3) is 0. The fourth-order valence-electron chi connectivity index (χ4n) is 0.483. The van der Waals surface area contributed by atoms with Crippen LogP contribution < -0.4 is 0 Å². The molecule has 0 fully saturated rings. The van der Waals surface area contributed by atoms with E-state index < -0.39 is 0 Å². The van der Waals surface area contributed by atoms with E-state index in [1.54, 1.807) is 24.3 Å². The van der Waals surface area contributed by atoms with Gasteiger partial charge in [-0.1, -0.05) is 24.3 Å². The highest BCUT2D eigenvalue weighted by molar-refractivity contribution is 5.67. The van der Waals surface area contributed by atoms with Crippen molar-refractivity contribution in [3.63, 3.8) is 0 Å². The van der Waals surface area contributed by atoms with Crippen molar-refractivity contribution in [2.24, 2.45) is 0 Å². The molecule has 0 amide bonds. The molecule has 0 bridgehead atoms. The van der Waals surface area contributed by atoms with Crippen LogP contribution in [0.4, 0.5) is 11.4 Å². The third-order valence-electron chi connectivity index (χ3n) is 0.927. The number of nitrogens with one attached hydrogen (secondary N) is 2. The van der Waals surface area contributed by atoms with Crippen molar-refractivity contribution < 1.29 is 0 Å². The van der Waals surface area contributed by atoms with Crippen molar-refractivity contribution >= 4 is 11.4 Å². The summed E-state index contributed by atoms with van der Waals surface area (Å²) in [5.41, 5.74) is 14.6. The third-order valence-corrected chi connectivity index (χ3v) is 0.927. The molecular formula is C6H6N2-2. The predicted octanol–water partition coefficient (Wildman–Crippen LogP) is 3.05. The van der Waals surface area contributed by atoms with Gasteiger partial charge in [-0.25, -0.2) is 0 Å². The second kappa shape index (κ2) is 1.74. The molecule has 2 nitrogen and oxygen atoms in total. The lowest BCUT2D eigenvalue weighted by Crippen LogP contribution is -1.57. The summed E-state index contributed by atoms with van der Waals surface area (Å²) in [7, 11) is 0. The normalized spacial score (nSPS) is 9.00. The van der Waals surface area contributed by atoms with Gasteiger partial charge in [-0.05, 0) is 0 Å². The summed E-state index contributed by atoms with van der Waals surface area (Å²) < 4.78 is 0. The average molecular weight is 106 g/mol. The lowest BCUT2D eigenvalue weighted by molar-refractivity contribution is 1.75. The van der Waals surface area contributed by atoms with Crippen LogP contribution in [0.1, 0.15) is 0 Å². The molecule has 0 aromatic heterocycles. The molecule has 1 rings (SSSR count). The van der Waals surface area contributed by atoms with Crippen LogP contribution in [0.15, 0.2) is 24.3 Å². The predicted molar refractivity (Wildman–Crippen MR) is 34.4 cm³/mol. The molecule has 2 heteroatoms. The SMILES string of the molecule is [NH-]c1ccccc1[NH-]. The minimum Gasteiger partial charge on any atom is -0.700 e. The number of benzene rings is 1. The Balaban J connectivity index is 3.13. The summed E-state index contributed by atoms with van der Waals surface area (Å²) in [4.78, 5) is 0. The van der Waals surface area contributed by atoms with E-state index >= 15 is 0 Å². The minimum absolute atomic E-state index is 0.285. The van der Waals surface area contributed by atoms with Gasteiger partial charge in [-0.3, -0.25) is 0 Å². The first-order chi connectivity index (χ1) is 3.80. The Labute approximate surface area is 48.1 Å². The van der Waals surface area contributed by atoms with Crippen molar-refractivity contribution in [3.8, 4) is 0 Å². The quantitative estimate of drug-likeness (QED) is 0.488. The van der Waals surface area contributed by atoms with E-state index in [1.165, 1.54) is 0 Å².